The minimum atomic E-state index is -1.24. The summed E-state index contributed by atoms with van der Waals surface area (Å²) in [5.41, 5.74) is 1.12. The van der Waals surface area contributed by atoms with Crippen LogP contribution in [0.3, 0.4) is 0 Å². The van der Waals surface area contributed by atoms with E-state index in [1.807, 2.05) is 0 Å². The maximum Gasteiger partial charge on any atom is 0.326 e. The highest BCUT2D eigenvalue weighted by atomic mass is 35.5. The normalized spacial score (nSPS) is 20.0. The van der Waals surface area contributed by atoms with Gasteiger partial charge in [-0.3, -0.25) is 0 Å². The second-order valence-electron chi connectivity index (χ2n) is 6.07. The number of halogens is 3. The van der Waals surface area contributed by atoms with Crippen LogP contribution in [0, 0.1) is 0 Å². The van der Waals surface area contributed by atoms with Crippen molar-refractivity contribution in [3.05, 3.63) is 47.0 Å². The van der Waals surface area contributed by atoms with E-state index in [1.165, 1.54) is 4.90 Å². The number of hydrogen-bond donors (Lipinski definition) is 1. The topological polar surface area (TPSA) is 71.2 Å². The van der Waals surface area contributed by atoms with Crippen molar-refractivity contribution in [1.29, 1.82) is 0 Å². The number of aliphatic carboxylic acids is 1. The van der Waals surface area contributed by atoms with E-state index in [-0.39, 0.29) is 18.0 Å². The van der Waals surface area contributed by atoms with Crippen molar-refractivity contribution in [3.8, 4) is 5.69 Å². The number of carbonyl (C=O) groups is 1. The molecule has 0 spiro atoms. The Hall–Kier alpha value is -2.38. The van der Waals surface area contributed by atoms with Crippen LogP contribution in [0.15, 0.2) is 36.9 Å². The standard InChI is InChI=1S/C17H13Cl2FN4O2/c18-11-2-1-10-12(23-4-3-21-8-23)6-14(22-16(10)15(11)19)24-7-9(20)5-13(24)17(25)26/h1-4,6,8-9,13H,5,7H2,(H,25,26)/t9-,13+/m1/s1. The van der Waals surface area contributed by atoms with Gasteiger partial charge in [0, 0.05) is 30.3 Å². The Kier molecular flexibility index (Phi) is 4.20. The molecule has 2 atom stereocenters. The van der Waals surface area contributed by atoms with Crippen LogP contribution in [0.1, 0.15) is 6.42 Å². The van der Waals surface area contributed by atoms with Crippen LogP contribution < -0.4 is 4.90 Å². The molecule has 0 bridgehead atoms. The van der Waals surface area contributed by atoms with E-state index in [0.717, 1.165) is 5.39 Å². The largest absolute Gasteiger partial charge is 0.480 e. The summed E-state index contributed by atoms with van der Waals surface area (Å²) in [4.78, 5) is 21.5. The average molecular weight is 395 g/mol. The Labute approximate surface area is 157 Å². The summed E-state index contributed by atoms with van der Waals surface area (Å²) >= 11 is 12.5. The Morgan fingerprint density at radius 2 is 2.15 bits per heavy atom. The van der Waals surface area contributed by atoms with E-state index in [2.05, 4.69) is 9.97 Å². The van der Waals surface area contributed by atoms with Gasteiger partial charge in [0.25, 0.3) is 0 Å². The van der Waals surface area contributed by atoms with Crippen LogP contribution in [0.25, 0.3) is 16.6 Å². The van der Waals surface area contributed by atoms with Gasteiger partial charge in [-0.1, -0.05) is 23.2 Å². The van der Waals surface area contributed by atoms with Crippen LogP contribution in [0.5, 0.6) is 0 Å². The summed E-state index contributed by atoms with van der Waals surface area (Å²) in [5.74, 6) is -0.758. The van der Waals surface area contributed by atoms with E-state index in [4.69, 9.17) is 23.2 Å². The molecule has 6 nitrogen and oxygen atoms in total. The molecule has 3 aromatic rings. The Balaban J connectivity index is 1.96. The van der Waals surface area contributed by atoms with Gasteiger partial charge in [0.15, 0.2) is 0 Å². The van der Waals surface area contributed by atoms with E-state index in [1.54, 1.807) is 41.5 Å². The molecule has 26 heavy (non-hydrogen) atoms. The number of anilines is 1. The van der Waals surface area contributed by atoms with Gasteiger partial charge in [-0.25, -0.2) is 19.2 Å². The lowest BCUT2D eigenvalue weighted by molar-refractivity contribution is -0.138. The molecule has 0 unspecified atom stereocenters. The molecule has 134 valence electrons. The number of imidazole rings is 1. The lowest BCUT2D eigenvalue weighted by atomic mass is 10.1. The molecule has 2 aromatic heterocycles. The fraction of sp³-hybridized carbons (Fsp3) is 0.235. The minimum Gasteiger partial charge on any atom is -0.480 e. The first-order valence-corrected chi connectivity index (χ1v) is 8.62. The molecule has 0 radical (unpaired) electrons. The van der Waals surface area contributed by atoms with Crippen molar-refractivity contribution in [2.45, 2.75) is 18.6 Å². The van der Waals surface area contributed by atoms with Gasteiger partial charge in [0.05, 0.1) is 34.1 Å². The van der Waals surface area contributed by atoms with Crippen LogP contribution in [-0.2, 0) is 4.79 Å². The number of fused-ring (bicyclic) bond motifs is 1. The molecular weight excluding hydrogens is 382 g/mol. The van der Waals surface area contributed by atoms with Gasteiger partial charge in [-0.2, -0.15) is 0 Å². The molecular formula is C17H13Cl2FN4O2. The number of rotatable bonds is 3. The van der Waals surface area contributed by atoms with E-state index >= 15 is 0 Å². The Morgan fingerprint density at radius 3 is 2.85 bits per heavy atom. The molecule has 0 amide bonds. The molecule has 4 rings (SSSR count). The predicted molar refractivity (Wildman–Crippen MR) is 97.2 cm³/mol. The average Bonchev–Trinajstić information content (AvgIpc) is 3.27. The number of alkyl halides is 1. The van der Waals surface area contributed by atoms with Crippen molar-refractivity contribution in [2.24, 2.45) is 0 Å². The highest BCUT2D eigenvalue weighted by molar-refractivity contribution is 6.45. The summed E-state index contributed by atoms with van der Waals surface area (Å²) in [6, 6.07) is 4.18. The third kappa shape index (κ3) is 2.77. The molecule has 0 aliphatic carbocycles. The number of hydrogen-bond acceptors (Lipinski definition) is 4. The lowest BCUT2D eigenvalue weighted by Gasteiger charge is -2.23. The zero-order valence-electron chi connectivity index (χ0n) is 13.3. The lowest BCUT2D eigenvalue weighted by Crippen LogP contribution is -2.36. The zero-order valence-corrected chi connectivity index (χ0v) is 14.8. The highest BCUT2D eigenvalue weighted by Gasteiger charge is 2.38. The minimum absolute atomic E-state index is 0.0446. The quantitative estimate of drug-likeness (QED) is 0.732. The highest BCUT2D eigenvalue weighted by Crippen LogP contribution is 2.36. The van der Waals surface area contributed by atoms with Gasteiger partial charge in [0.2, 0.25) is 0 Å². The SMILES string of the molecule is O=C(O)[C@@H]1C[C@@H](F)CN1c1cc(-n2ccnc2)c2ccc(Cl)c(Cl)c2n1. The van der Waals surface area contributed by atoms with E-state index < -0.39 is 18.2 Å². The summed E-state index contributed by atoms with van der Waals surface area (Å²) in [6.07, 6.45) is 3.66. The third-order valence-electron chi connectivity index (χ3n) is 4.45. The smallest absolute Gasteiger partial charge is 0.326 e. The second kappa shape index (κ2) is 6.41. The van der Waals surface area contributed by atoms with E-state index in [9.17, 15) is 14.3 Å². The first kappa shape index (κ1) is 17.1. The maximum absolute atomic E-state index is 13.9. The van der Waals surface area contributed by atoms with Gasteiger partial charge in [0.1, 0.15) is 18.0 Å². The molecule has 0 saturated carbocycles. The van der Waals surface area contributed by atoms with Crippen LogP contribution in [-0.4, -0.2) is 44.4 Å². The first-order chi connectivity index (χ1) is 12.5. The summed E-state index contributed by atoms with van der Waals surface area (Å²) in [7, 11) is 0. The van der Waals surface area contributed by atoms with Crippen molar-refractivity contribution in [2.75, 3.05) is 11.4 Å². The molecule has 3 heterocycles. The molecule has 1 aromatic carbocycles. The van der Waals surface area contributed by atoms with Gasteiger partial charge in [-0.15, -0.1) is 0 Å². The van der Waals surface area contributed by atoms with Crippen molar-refractivity contribution in [3.63, 3.8) is 0 Å². The Morgan fingerprint density at radius 1 is 1.35 bits per heavy atom. The first-order valence-electron chi connectivity index (χ1n) is 7.86. The predicted octanol–water partition coefficient (Wildman–Crippen LogP) is 3.73. The monoisotopic (exact) mass is 394 g/mol. The summed E-state index contributed by atoms with van der Waals surface area (Å²) in [5, 5.41) is 10.7. The number of benzene rings is 1. The number of carboxylic acid groups (broad SMARTS) is 1. The number of aromatic nitrogens is 3. The van der Waals surface area contributed by atoms with Crippen molar-refractivity contribution in [1.82, 2.24) is 14.5 Å². The zero-order chi connectivity index (χ0) is 18.4. The van der Waals surface area contributed by atoms with Gasteiger partial charge < -0.3 is 14.6 Å². The third-order valence-corrected chi connectivity index (χ3v) is 5.24. The molecule has 1 aliphatic heterocycles. The number of pyridine rings is 1. The summed E-state index contributed by atoms with van der Waals surface area (Å²) < 4.78 is 15.7. The van der Waals surface area contributed by atoms with Crippen LogP contribution in [0.2, 0.25) is 10.0 Å². The molecule has 1 saturated heterocycles. The molecule has 1 N–H and O–H groups in total. The summed E-state index contributed by atoms with van der Waals surface area (Å²) in [6.45, 7) is -0.0446. The molecule has 1 aliphatic rings. The fourth-order valence-corrected chi connectivity index (χ4v) is 3.60. The number of nitrogens with zero attached hydrogens (tertiary/aromatic N) is 4. The maximum atomic E-state index is 13.9. The van der Waals surface area contributed by atoms with Gasteiger partial charge in [-0.05, 0) is 12.1 Å². The number of carboxylic acids is 1. The van der Waals surface area contributed by atoms with Crippen LogP contribution >= 0.6 is 23.2 Å². The molecule has 9 heteroatoms. The van der Waals surface area contributed by atoms with Crippen molar-refractivity contribution < 1.29 is 14.3 Å². The van der Waals surface area contributed by atoms with E-state index in [0.29, 0.717) is 22.0 Å². The second-order valence-corrected chi connectivity index (χ2v) is 6.85. The fourth-order valence-electron chi connectivity index (χ4n) is 3.24. The molecule has 1 fully saturated rings. The Bertz CT molecular complexity index is 996. The van der Waals surface area contributed by atoms with Crippen LogP contribution in [0.4, 0.5) is 10.2 Å². The van der Waals surface area contributed by atoms with Gasteiger partial charge >= 0.3 is 5.97 Å². The van der Waals surface area contributed by atoms with Crippen molar-refractivity contribution >= 4 is 45.9 Å².